The van der Waals surface area contributed by atoms with Crippen LogP contribution < -0.4 is 5.43 Å². The number of hydrazone groups is 1. The van der Waals surface area contributed by atoms with E-state index in [0.29, 0.717) is 5.69 Å². The van der Waals surface area contributed by atoms with E-state index in [4.69, 9.17) is 0 Å². The van der Waals surface area contributed by atoms with Gasteiger partial charge in [-0.25, -0.2) is 5.43 Å². The van der Waals surface area contributed by atoms with E-state index in [2.05, 4.69) is 20.7 Å². The highest BCUT2D eigenvalue weighted by Crippen LogP contribution is 2.18. The number of aromatic amines is 1. The Kier molecular flexibility index (Phi) is 4.49. The largest absolute Gasteiger partial charge is 0.289 e. The SMILES string of the molecule is Cc1ccc(-c2cc(C(=O)N/N=C\c3cccc4ccccc34)[nH]n2)cc1. The Labute approximate surface area is 156 Å². The number of rotatable bonds is 4. The van der Waals surface area contributed by atoms with Gasteiger partial charge >= 0.3 is 0 Å². The third kappa shape index (κ3) is 3.62. The molecule has 1 amide bonds. The Hall–Kier alpha value is -3.73. The first kappa shape index (κ1) is 16.7. The van der Waals surface area contributed by atoms with Crippen LogP contribution in [0.4, 0.5) is 0 Å². The summed E-state index contributed by atoms with van der Waals surface area (Å²) < 4.78 is 0. The van der Waals surface area contributed by atoms with Crippen molar-refractivity contribution in [1.29, 1.82) is 0 Å². The maximum Gasteiger partial charge on any atom is 0.289 e. The molecule has 0 aliphatic heterocycles. The number of hydrogen-bond donors (Lipinski definition) is 2. The number of carbonyl (C=O) groups excluding carboxylic acids is 1. The summed E-state index contributed by atoms with van der Waals surface area (Å²) in [5, 5.41) is 13.3. The highest BCUT2D eigenvalue weighted by atomic mass is 16.2. The number of amides is 1. The lowest BCUT2D eigenvalue weighted by atomic mass is 10.1. The molecule has 132 valence electrons. The molecule has 5 nitrogen and oxygen atoms in total. The third-order valence-corrected chi connectivity index (χ3v) is 4.36. The molecule has 0 atom stereocenters. The van der Waals surface area contributed by atoms with Crippen molar-refractivity contribution in [3.8, 4) is 11.3 Å². The number of hydrogen-bond acceptors (Lipinski definition) is 3. The van der Waals surface area contributed by atoms with Crippen LogP contribution in [-0.4, -0.2) is 22.3 Å². The number of H-pyrrole nitrogens is 1. The van der Waals surface area contributed by atoms with Crippen LogP contribution >= 0.6 is 0 Å². The fourth-order valence-corrected chi connectivity index (χ4v) is 2.89. The van der Waals surface area contributed by atoms with Gasteiger partial charge in [0.2, 0.25) is 0 Å². The van der Waals surface area contributed by atoms with Gasteiger partial charge in [0.05, 0.1) is 11.9 Å². The Morgan fingerprint density at radius 1 is 1.04 bits per heavy atom. The van der Waals surface area contributed by atoms with E-state index >= 15 is 0 Å². The van der Waals surface area contributed by atoms with Gasteiger partial charge in [-0.1, -0.05) is 72.3 Å². The first-order valence-electron chi connectivity index (χ1n) is 8.64. The van der Waals surface area contributed by atoms with Crippen molar-refractivity contribution in [2.45, 2.75) is 6.92 Å². The van der Waals surface area contributed by atoms with Crippen LogP contribution in [0.25, 0.3) is 22.0 Å². The summed E-state index contributed by atoms with van der Waals surface area (Å²) in [4.78, 5) is 12.3. The molecular weight excluding hydrogens is 336 g/mol. The number of nitrogens with zero attached hydrogens (tertiary/aromatic N) is 2. The third-order valence-electron chi connectivity index (χ3n) is 4.36. The predicted octanol–water partition coefficient (Wildman–Crippen LogP) is 4.30. The molecule has 0 fully saturated rings. The maximum absolute atomic E-state index is 12.3. The quantitative estimate of drug-likeness (QED) is 0.424. The lowest BCUT2D eigenvalue weighted by Crippen LogP contribution is -2.18. The van der Waals surface area contributed by atoms with Gasteiger partial charge in [-0.05, 0) is 23.8 Å². The molecule has 1 heterocycles. The Bertz CT molecular complexity index is 1120. The molecule has 0 unspecified atom stereocenters. The van der Waals surface area contributed by atoms with Crippen LogP contribution in [0.2, 0.25) is 0 Å². The molecule has 2 N–H and O–H groups in total. The van der Waals surface area contributed by atoms with E-state index in [1.54, 1.807) is 12.3 Å². The molecule has 0 saturated carbocycles. The molecule has 3 aromatic carbocycles. The minimum Gasteiger partial charge on any atom is -0.272 e. The van der Waals surface area contributed by atoms with Gasteiger partial charge in [0, 0.05) is 11.1 Å². The topological polar surface area (TPSA) is 70.1 Å². The molecule has 1 aromatic heterocycles. The summed E-state index contributed by atoms with van der Waals surface area (Å²) in [7, 11) is 0. The van der Waals surface area contributed by atoms with Gasteiger partial charge in [-0.2, -0.15) is 10.2 Å². The number of nitrogens with one attached hydrogen (secondary N) is 2. The molecule has 0 aliphatic carbocycles. The Morgan fingerprint density at radius 3 is 2.67 bits per heavy atom. The van der Waals surface area contributed by atoms with Crippen molar-refractivity contribution in [2.75, 3.05) is 0 Å². The van der Waals surface area contributed by atoms with Gasteiger partial charge in [0.1, 0.15) is 5.69 Å². The second kappa shape index (κ2) is 7.25. The highest BCUT2D eigenvalue weighted by molar-refractivity contribution is 6.00. The second-order valence-corrected chi connectivity index (χ2v) is 6.30. The van der Waals surface area contributed by atoms with Gasteiger partial charge in [0.25, 0.3) is 5.91 Å². The molecule has 0 spiro atoms. The van der Waals surface area contributed by atoms with E-state index in [0.717, 1.165) is 27.6 Å². The summed E-state index contributed by atoms with van der Waals surface area (Å²) in [5.41, 5.74) is 6.70. The minimum absolute atomic E-state index is 0.336. The second-order valence-electron chi connectivity index (χ2n) is 6.30. The highest BCUT2D eigenvalue weighted by Gasteiger charge is 2.10. The maximum atomic E-state index is 12.3. The smallest absolute Gasteiger partial charge is 0.272 e. The van der Waals surface area contributed by atoms with Gasteiger partial charge in [0.15, 0.2) is 0 Å². The summed E-state index contributed by atoms with van der Waals surface area (Å²) >= 11 is 0. The average molecular weight is 354 g/mol. The molecule has 27 heavy (non-hydrogen) atoms. The standard InChI is InChI=1S/C22H18N4O/c1-15-9-11-17(12-10-15)20-13-21(25-24-20)22(27)26-23-14-18-7-4-6-16-5-2-3-8-19(16)18/h2-14H,1H3,(H,24,25)(H,26,27)/b23-14-. The van der Waals surface area contributed by atoms with Gasteiger partial charge in [-0.3, -0.25) is 9.89 Å². The molecule has 5 heteroatoms. The Balaban J connectivity index is 1.48. The van der Waals surface area contributed by atoms with Gasteiger partial charge in [-0.15, -0.1) is 0 Å². The first-order valence-corrected chi connectivity index (χ1v) is 8.64. The zero-order chi connectivity index (χ0) is 18.6. The molecular formula is C22H18N4O. The number of benzene rings is 3. The molecule has 4 rings (SSSR count). The molecule has 0 saturated heterocycles. The summed E-state index contributed by atoms with van der Waals surface area (Å²) in [6.45, 7) is 2.03. The average Bonchev–Trinajstić information content (AvgIpc) is 3.19. The summed E-state index contributed by atoms with van der Waals surface area (Å²) in [5.74, 6) is -0.336. The lowest BCUT2D eigenvalue weighted by molar-refractivity contribution is 0.0950. The van der Waals surface area contributed by atoms with Crippen molar-refractivity contribution >= 4 is 22.9 Å². The Morgan fingerprint density at radius 2 is 1.81 bits per heavy atom. The van der Waals surface area contributed by atoms with Crippen molar-refractivity contribution < 1.29 is 4.79 Å². The van der Waals surface area contributed by atoms with Crippen LogP contribution in [0.5, 0.6) is 0 Å². The molecule has 4 aromatic rings. The number of aromatic nitrogens is 2. The van der Waals surface area contributed by atoms with Gasteiger partial charge < -0.3 is 0 Å². The zero-order valence-corrected chi connectivity index (χ0v) is 14.8. The molecule has 0 aliphatic rings. The normalized spacial score (nSPS) is 11.1. The zero-order valence-electron chi connectivity index (χ0n) is 14.8. The lowest BCUT2D eigenvalue weighted by Gasteiger charge is -2.01. The van der Waals surface area contributed by atoms with Crippen LogP contribution in [0.15, 0.2) is 77.9 Å². The van der Waals surface area contributed by atoms with Crippen molar-refractivity contribution in [3.05, 3.63) is 89.6 Å². The fourth-order valence-electron chi connectivity index (χ4n) is 2.89. The molecule has 0 bridgehead atoms. The van der Waals surface area contributed by atoms with E-state index in [-0.39, 0.29) is 5.91 Å². The minimum atomic E-state index is -0.336. The first-order chi connectivity index (χ1) is 13.2. The van der Waals surface area contributed by atoms with E-state index in [9.17, 15) is 4.79 Å². The number of fused-ring (bicyclic) bond motifs is 1. The van der Waals surface area contributed by atoms with E-state index in [1.165, 1.54) is 5.56 Å². The van der Waals surface area contributed by atoms with Crippen LogP contribution in [0.1, 0.15) is 21.6 Å². The predicted molar refractivity (Wildman–Crippen MR) is 108 cm³/mol. The van der Waals surface area contributed by atoms with Crippen LogP contribution in [0.3, 0.4) is 0 Å². The summed E-state index contributed by atoms with van der Waals surface area (Å²) in [6.07, 6.45) is 1.65. The fraction of sp³-hybridized carbons (Fsp3) is 0.0455. The number of aryl methyl sites for hydroxylation is 1. The van der Waals surface area contributed by atoms with Crippen LogP contribution in [0, 0.1) is 6.92 Å². The monoisotopic (exact) mass is 354 g/mol. The van der Waals surface area contributed by atoms with Crippen LogP contribution in [-0.2, 0) is 0 Å². The van der Waals surface area contributed by atoms with Crippen molar-refractivity contribution in [3.63, 3.8) is 0 Å². The molecule has 0 radical (unpaired) electrons. The van der Waals surface area contributed by atoms with Crippen molar-refractivity contribution in [1.82, 2.24) is 15.6 Å². The van der Waals surface area contributed by atoms with E-state index < -0.39 is 0 Å². The van der Waals surface area contributed by atoms with E-state index in [1.807, 2.05) is 73.7 Å². The summed E-state index contributed by atoms with van der Waals surface area (Å²) in [6, 6.07) is 23.7. The number of carbonyl (C=O) groups is 1. The van der Waals surface area contributed by atoms with Crippen molar-refractivity contribution in [2.24, 2.45) is 5.10 Å².